The van der Waals surface area contributed by atoms with Gasteiger partial charge >= 0.3 is 6.18 Å². The van der Waals surface area contributed by atoms with Crippen molar-refractivity contribution in [3.63, 3.8) is 0 Å². The van der Waals surface area contributed by atoms with E-state index in [4.69, 9.17) is 69.6 Å². The highest BCUT2D eigenvalue weighted by molar-refractivity contribution is 7.92. The molecule has 1 aliphatic carbocycles. The van der Waals surface area contributed by atoms with Gasteiger partial charge in [-0.3, -0.25) is 14.4 Å². The van der Waals surface area contributed by atoms with Crippen LogP contribution >= 0.6 is 69.6 Å². The molecule has 1 fully saturated rings. The first kappa shape index (κ1) is 37.2. The van der Waals surface area contributed by atoms with Crippen molar-refractivity contribution >= 4 is 114 Å². The van der Waals surface area contributed by atoms with Crippen molar-refractivity contribution < 1.29 is 44.8 Å². The van der Waals surface area contributed by atoms with Crippen LogP contribution in [0.25, 0.3) is 0 Å². The van der Waals surface area contributed by atoms with Crippen molar-refractivity contribution in [3.05, 3.63) is 85.3 Å². The number of carbonyl (C=O) groups is 3. The van der Waals surface area contributed by atoms with E-state index in [1.165, 1.54) is 24.3 Å². The molecular formula is C27H16Cl6F5N3O5S. The van der Waals surface area contributed by atoms with E-state index in [1.807, 2.05) is 0 Å². The number of halogens is 11. The Morgan fingerprint density at radius 2 is 1.47 bits per heavy atom. The van der Waals surface area contributed by atoms with Gasteiger partial charge in [-0.2, -0.15) is 13.2 Å². The Hall–Kier alpha value is -2.59. The molecule has 0 aromatic heterocycles. The molecule has 3 N–H and O–H groups in total. The number of benzene rings is 3. The van der Waals surface area contributed by atoms with E-state index >= 15 is 4.39 Å². The Morgan fingerprint density at radius 3 is 2.06 bits per heavy atom. The first-order valence-corrected chi connectivity index (χ1v) is 16.7. The predicted octanol–water partition coefficient (Wildman–Crippen LogP) is 8.27. The minimum absolute atomic E-state index is 0.0269. The third-order valence-electron chi connectivity index (χ3n) is 6.52. The van der Waals surface area contributed by atoms with Crippen molar-refractivity contribution in [1.29, 1.82) is 0 Å². The summed E-state index contributed by atoms with van der Waals surface area (Å²) in [7, 11) is -5.02. The van der Waals surface area contributed by atoms with Crippen molar-refractivity contribution in [2.45, 2.75) is 16.4 Å². The summed E-state index contributed by atoms with van der Waals surface area (Å²) in [5, 5.41) is 6.32. The molecule has 3 amide bonds. The molecule has 0 saturated heterocycles. The van der Waals surface area contributed by atoms with Crippen molar-refractivity contribution in [3.8, 4) is 0 Å². The van der Waals surface area contributed by atoms with Gasteiger partial charge in [-0.25, -0.2) is 17.2 Å². The molecule has 2 atom stereocenters. The normalized spacial score (nSPS) is 17.2. The number of nitrogens with one attached hydrogen (secondary N) is 3. The average molecular weight is 802 g/mol. The topological polar surface area (TPSA) is 121 Å². The standard InChI is InChI=1S/C27H16Cl6F5N3O5S/c28-13-2-1-11(39-25(44)20-19(27(20,32)33)10-5-14(29)21(31)15(30)6-10)7-12(13)24(43)40-17-4-3-16(34)23(22(17)35)41-18(42)8-47(45,46)9-26(36,37)38/h1-7,19-20H,8-9H2,(H,39,44)(H,40,43)(H,41,42)/t19-,20+/m0/s1. The van der Waals surface area contributed by atoms with E-state index in [-0.39, 0.29) is 31.3 Å². The van der Waals surface area contributed by atoms with Crippen molar-refractivity contribution in [2.75, 3.05) is 27.5 Å². The van der Waals surface area contributed by atoms with E-state index in [0.717, 1.165) is 12.1 Å². The van der Waals surface area contributed by atoms with Crippen LogP contribution in [0, 0.1) is 17.6 Å². The second kappa shape index (κ2) is 13.7. The first-order chi connectivity index (χ1) is 21.6. The van der Waals surface area contributed by atoms with Gasteiger partial charge in [0.15, 0.2) is 15.7 Å². The summed E-state index contributed by atoms with van der Waals surface area (Å²) in [4.78, 5) is 38.1. The zero-order chi connectivity index (χ0) is 35.2. The Bertz CT molecular complexity index is 1890. The summed E-state index contributed by atoms with van der Waals surface area (Å²) in [6, 6.07) is 7.92. The van der Waals surface area contributed by atoms with Crippen LogP contribution in [-0.4, -0.2) is 48.2 Å². The van der Waals surface area contributed by atoms with Crippen molar-refractivity contribution in [2.24, 2.45) is 5.92 Å². The number of carbonyl (C=O) groups excluding carboxylic acids is 3. The second-order valence-electron chi connectivity index (χ2n) is 10.0. The SMILES string of the molecule is O=C(CS(=O)(=O)CC(F)(F)F)Nc1c(F)ccc(NC(=O)c2cc(NC(=O)[C@H]3[C@H](c4cc(Cl)c(Cl)c(Cl)c4)C3(Cl)Cl)ccc2Cl)c1F. The molecule has 0 spiro atoms. The summed E-state index contributed by atoms with van der Waals surface area (Å²) >= 11 is 37.0. The lowest BCUT2D eigenvalue weighted by Crippen LogP contribution is -2.31. The van der Waals surface area contributed by atoms with Gasteiger partial charge in [0.2, 0.25) is 11.8 Å². The Labute approximate surface area is 292 Å². The van der Waals surface area contributed by atoms with E-state index in [0.29, 0.717) is 11.6 Å². The van der Waals surface area contributed by atoms with Gasteiger partial charge < -0.3 is 16.0 Å². The highest BCUT2D eigenvalue weighted by atomic mass is 35.5. The van der Waals surface area contributed by atoms with Crippen molar-refractivity contribution in [1.82, 2.24) is 0 Å². The van der Waals surface area contributed by atoms with Gasteiger partial charge in [-0.05, 0) is 48.0 Å². The van der Waals surface area contributed by atoms with Crippen LogP contribution in [0.5, 0.6) is 0 Å². The maximum absolute atomic E-state index is 15.1. The summed E-state index contributed by atoms with van der Waals surface area (Å²) in [6.07, 6.45) is -5.15. The minimum atomic E-state index is -5.15. The third kappa shape index (κ3) is 8.72. The average Bonchev–Trinajstić information content (AvgIpc) is 3.52. The van der Waals surface area contributed by atoms with Crippen LogP contribution in [0.3, 0.4) is 0 Å². The molecule has 3 aromatic rings. The van der Waals surface area contributed by atoms with E-state index in [2.05, 4.69) is 10.6 Å². The molecule has 3 aromatic carbocycles. The van der Waals surface area contributed by atoms with E-state index < -0.39 is 84.4 Å². The van der Waals surface area contributed by atoms with Crippen LogP contribution in [0.15, 0.2) is 42.5 Å². The van der Waals surface area contributed by atoms with Crippen LogP contribution in [0.1, 0.15) is 21.8 Å². The molecule has 0 bridgehead atoms. The fourth-order valence-electron chi connectivity index (χ4n) is 4.45. The number of sulfone groups is 1. The molecule has 20 heteroatoms. The fourth-order valence-corrected chi connectivity index (χ4v) is 7.17. The molecule has 0 aliphatic heterocycles. The van der Waals surface area contributed by atoms with Gasteiger partial charge in [0.25, 0.3) is 5.91 Å². The molecule has 0 unspecified atom stereocenters. The smallest absolute Gasteiger partial charge is 0.326 e. The number of anilines is 3. The zero-order valence-electron chi connectivity index (χ0n) is 22.7. The molecule has 1 saturated carbocycles. The summed E-state index contributed by atoms with van der Waals surface area (Å²) in [6.45, 7) is 0. The molecule has 0 heterocycles. The molecular weight excluding hydrogens is 786 g/mol. The van der Waals surface area contributed by atoms with Gasteiger partial charge in [-0.1, -0.05) is 46.4 Å². The summed E-state index contributed by atoms with van der Waals surface area (Å²) < 4.78 is 88.4. The molecule has 0 radical (unpaired) electrons. The Morgan fingerprint density at radius 1 is 0.851 bits per heavy atom. The number of amides is 3. The number of hydrogen-bond acceptors (Lipinski definition) is 5. The van der Waals surface area contributed by atoms with Crippen LogP contribution in [0.2, 0.25) is 20.1 Å². The lowest BCUT2D eigenvalue weighted by Gasteiger charge is -2.14. The van der Waals surface area contributed by atoms with Gasteiger partial charge in [0.05, 0.1) is 37.3 Å². The molecule has 47 heavy (non-hydrogen) atoms. The predicted molar refractivity (Wildman–Crippen MR) is 170 cm³/mol. The Balaban J connectivity index is 1.49. The first-order valence-electron chi connectivity index (χ1n) is 12.6. The second-order valence-corrected chi connectivity index (χ2v) is 15.2. The molecule has 4 rings (SSSR count). The largest absolute Gasteiger partial charge is 0.402 e. The van der Waals surface area contributed by atoms with Crippen LogP contribution in [-0.2, 0) is 19.4 Å². The Kier molecular flexibility index (Phi) is 10.9. The quantitative estimate of drug-likeness (QED) is 0.114. The third-order valence-corrected chi connectivity index (χ3v) is 10.5. The number of rotatable bonds is 9. The van der Waals surface area contributed by atoms with E-state index in [1.54, 1.807) is 5.32 Å². The number of hydrogen-bond donors (Lipinski definition) is 3. The van der Waals surface area contributed by atoms with Crippen LogP contribution in [0.4, 0.5) is 39.0 Å². The minimum Gasteiger partial charge on any atom is -0.326 e. The highest BCUT2D eigenvalue weighted by Crippen LogP contribution is 2.65. The van der Waals surface area contributed by atoms with Crippen LogP contribution < -0.4 is 16.0 Å². The summed E-state index contributed by atoms with van der Waals surface area (Å²) in [5.41, 5.74) is -1.83. The van der Waals surface area contributed by atoms with Gasteiger partial charge in [0.1, 0.15) is 27.3 Å². The fraction of sp³-hybridized carbons (Fsp3) is 0.222. The van der Waals surface area contributed by atoms with Gasteiger partial charge in [-0.15, -0.1) is 23.2 Å². The molecule has 252 valence electrons. The maximum atomic E-state index is 15.1. The zero-order valence-corrected chi connectivity index (χ0v) is 28.1. The maximum Gasteiger partial charge on any atom is 0.402 e. The molecule has 8 nitrogen and oxygen atoms in total. The lowest BCUT2D eigenvalue weighted by atomic mass is 10.1. The van der Waals surface area contributed by atoms with Gasteiger partial charge in [0, 0.05) is 11.6 Å². The number of alkyl halides is 5. The van der Waals surface area contributed by atoms with E-state index in [9.17, 15) is 40.4 Å². The summed E-state index contributed by atoms with van der Waals surface area (Å²) in [5.74, 6) is -12.2. The monoisotopic (exact) mass is 799 g/mol. The highest BCUT2D eigenvalue weighted by Gasteiger charge is 2.67. The molecule has 1 aliphatic rings. The lowest BCUT2D eigenvalue weighted by molar-refractivity contribution is -0.117.